The largest absolute Gasteiger partial charge is 0.337 e. The smallest absolute Gasteiger partial charge is 0.178 e. The Labute approximate surface area is 118 Å². The number of nitrogens with one attached hydrogen (secondary N) is 2. The number of benzene rings is 1. The van der Waals surface area contributed by atoms with Gasteiger partial charge in [-0.15, -0.1) is 0 Å². The molecule has 0 fully saturated rings. The Bertz CT molecular complexity index is 737. The van der Waals surface area contributed by atoms with E-state index in [-0.39, 0.29) is 5.41 Å². The number of H-pyrrole nitrogens is 1. The standard InChI is InChI=1S/C16H18N4/c1-16(2,3)11-6-4-7-12(10-11)18-15-14-13(19-20-15)8-5-9-17-14/h4-10H,1-3H3,(H2,18,19,20). The normalized spacial score (nSPS) is 11.8. The molecule has 0 aliphatic carbocycles. The van der Waals surface area contributed by atoms with E-state index in [1.165, 1.54) is 5.56 Å². The van der Waals surface area contributed by atoms with E-state index in [1.807, 2.05) is 18.2 Å². The molecule has 0 aliphatic heterocycles. The highest BCUT2D eigenvalue weighted by Gasteiger charge is 2.14. The molecule has 0 spiro atoms. The molecule has 4 nitrogen and oxygen atoms in total. The van der Waals surface area contributed by atoms with E-state index >= 15 is 0 Å². The highest BCUT2D eigenvalue weighted by atomic mass is 15.2. The average Bonchev–Trinajstić information content (AvgIpc) is 2.82. The van der Waals surface area contributed by atoms with Crippen LogP contribution in [0.4, 0.5) is 11.5 Å². The van der Waals surface area contributed by atoms with Gasteiger partial charge in [-0.05, 0) is 35.2 Å². The van der Waals surface area contributed by atoms with Gasteiger partial charge in [-0.1, -0.05) is 32.9 Å². The molecule has 0 radical (unpaired) electrons. The van der Waals surface area contributed by atoms with Gasteiger partial charge >= 0.3 is 0 Å². The van der Waals surface area contributed by atoms with Crippen LogP contribution in [0.15, 0.2) is 42.6 Å². The summed E-state index contributed by atoms with van der Waals surface area (Å²) < 4.78 is 0. The molecule has 1 aromatic carbocycles. The van der Waals surface area contributed by atoms with Gasteiger partial charge in [0, 0.05) is 11.9 Å². The van der Waals surface area contributed by atoms with E-state index in [0.717, 1.165) is 22.5 Å². The molecule has 0 amide bonds. The minimum absolute atomic E-state index is 0.129. The number of fused-ring (bicyclic) bond motifs is 1. The fraction of sp³-hybridized carbons (Fsp3) is 0.250. The first kappa shape index (κ1) is 12.7. The van der Waals surface area contributed by atoms with E-state index in [2.05, 4.69) is 59.5 Å². The first-order valence-electron chi connectivity index (χ1n) is 6.71. The maximum atomic E-state index is 4.35. The summed E-state index contributed by atoms with van der Waals surface area (Å²) in [5, 5.41) is 10.6. The fourth-order valence-corrected chi connectivity index (χ4v) is 2.14. The maximum absolute atomic E-state index is 4.35. The Morgan fingerprint density at radius 1 is 1.10 bits per heavy atom. The van der Waals surface area contributed by atoms with Crippen LogP contribution >= 0.6 is 0 Å². The molecule has 0 saturated heterocycles. The van der Waals surface area contributed by atoms with Crippen molar-refractivity contribution < 1.29 is 0 Å². The summed E-state index contributed by atoms with van der Waals surface area (Å²) in [5.41, 5.74) is 4.23. The van der Waals surface area contributed by atoms with Crippen molar-refractivity contribution in [1.82, 2.24) is 15.2 Å². The summed E-state index contributed by atoms with van der Waals surface area (Å²) >= 11 is 0. The minimum atomic E-state index is 0.129. The number of nitrogens with zero attached hydrogens (tertiary/aromatic N) is 2. The van der Waals surface area contributed by atoms with Gasteiger partial charge in [-0.25, -0.2) is 0 Å². The van der Waals surface area contributed by atoms with Gasteiger partial charge in [0.15, 0.2) is 5.82 Å². The summed E-state index contributed by atoms with van der Waals surface area (Å²) in [4.78, 5) is 4.35. The Balaban J connectivity index is 1.95. The quantitative estimate of drug-likeness (QED) is 0.737. The van der Waals surface area contributed by atoms with Crippen LogP contribution in [0.2, 0.25) is 0 Å². The highest BCUT2D eigenvalue weighted by molar-refractivity contribution is 5.87. The molecule has 2 N–H and O–H groups in total. The predicted octanol–water partition coefficient (Wildman–Crippen LogP) is 4.00. The first-order chi connectivity index (χ1) is 9.54. The summed E-state index contributed by atoms with van der Waals surface area (Å²) in [6.45, 7) is 6.62. The zero-order valence-electron chi connectivity index (χ0n) is 11.9. The Hall–Kier alpha value is -2.36. The second kappa shape index (κ2) is 4.63. The number of anilines is 2. The molecule has 0 saturated carbocycles. The molecule has 0 atom stereocenters. The number of aromatic amines is 1. The Morgan fingerprint density at radius 2 is 1.95 bits per heavy atom. The molecule has 0 bridgehead atoms. The van der Waals surface area contributed by atoms with Crippen LogP contribution < -0.4 is 5.32 Å². The number of pyridine rings is 1. The Morgan fingerprint density at radius 3 is 2.75 bits per heavy atom. The highest BCUT2D eigenvalue weighted by Crippen LogP contribution is 2.27. The average molecular weight is 266 g/mol. The van der Waals surface area contributed by atoms with Crippen LogP contribution in [0.25, 0.3) is 11.0 Å². The van der Waals surface area contributed by atoms with E-state index in [4.69, 9.17) is 0 Å². The minimum Gasteiger partial charge on any atom is -0.337 e. The number of hydrogen-bond acceptors (Lipinski definition) is 3. The second-order valence-electron chi connectivity index (χ2n) is 5.93. The molecule has 0 aliphatic rings. The number of rotatable bonds is 2. The van der Waals surface area contributed by atoms with Gasteiger partial charge in [-0.2, -0.15) is 5.10 Å². The lowest BCUT2D eigenvalue weighted by molar-refractivity contribution is 0.590. The summed E-state index contributed by atoms with van der Waals surface area (Å²) in [6, 6.07) is 12.3. The van der Waals surface area contributed by atoms with Crippen LogP contribution in [0, 0.1) is 0 Å². The third-order valence-electron chi connectivity index (χ3n) is 3.31. The van der Waals surface area contributed by atoms with Crippen molar-refractivity contribution in [3.05, 3.63) is 48.2 Å². The molecule has 2 aromatic heterocycles. The van der Waals surface area contributed by atoms with Crippen molar-refractivity contribution in [2.24, 2.45) is 0 Å². The van der Waals surface area contributed by atoms with Gasteiger partial charge in [0.2, 0.25) is 0 Å². The molecule has 20 heavy (non-hydrogen) atoms. The van der Waals surface area contributed by atoms with Crippen LogP contribution in [0.3, 0.4) is 0 Å². The molecular weight excluding hydrogens is 248 g/mol. The van der Waals surface area contributed by atoms with Crippen LogP contribution in [-0.2, 0) is 5.41 Å². The molecular formula is C16H18N4. The van der Waals surface area contributed by atoms with E-state index in [9.17, 15) is 0 Å². The lowest BCUT2D eigenvalue weighted by Gasteiger charge is -2.19. The van der Waals surface area contributed by atoms with Gasteiger partial charge in [0.1, 0.15) is 5.52 Å². The van der Waals surface area contributed by atoms with E-state index in [1.54, 1.807) is 6.20 Å². The first-order valence-corrected chi connectivity index (χ1v) is 6.71. The SMILES string of the molecule is CC(C)(C)c1cccc(Nc2n[nH]c3cccnc23)c1. The van der Waals surface area contributed by atoms with Gasteiger partial charge < -0.3 is 5.32 Å². The molecule has 3 rings (SSSR count). The van der Waals surface area contributed by atoms with Crippen molar-refractivity contribution in [2.75, 3.05) is 5.32 Å². The molecule has 102 valence electrons. The number of aromatic nitrogens is 3. The van der Waals surface area contributed by atoms with Crippen molar-refractivity contribution in [2.45, 2.75) is 26.2 Å². The second-order valence-corrected chi connectivity index (χ2v) is 5.93. The van der Waals surface area contributed by atoms with Crippen LogP contribution in [-0.4, -0.2) is 15.2 Å². The van der Waals surface area contributed by atoms with Gasteiger partial charge in [-0.3, -0.25) is 10.1 Å². The van der Waals surface area contributed by atoms with Crippen LogP contribution in [0.1, 0.15) is 26.3 Å². The fourth-order valence-electron chi connectivity index (χ4n) is 2.14. The summed E-state index contributed by atoms with van der Waals surface area (Å²) in [5.74, 6) is 0.756. The molecule has 2 heterocycles. The summed E-state index contributed by atoms with van der Waals surface area (Å²) in [7, 11) is 0. The van der Waals surface area contributed by atoms with E-state index in [0.29, 0.717) is 0 Å². The zero-order chi connectivity index (χ0) is 14.2. The topological polar surface area (TPSA) is 53.6 Å². The molecule has 0 unspecified atom stereocenters. The third-order valence-corrected chi connectivity index (χ3v) is 3.31. The van der Waals surface area contributed by atoms with Gasteiger partial charge in [0.05, 0.1) is 5.52 Å². The summed E-state index contributed by atoms with van der Waals surface area (Å²) in [6.07, 6.45) is 1.77. The van der Waals surface area contributed by atoms with Crippen LogP contribution in [0.5, 0.6) is 0 Å². The lowest BCUT2D eigenvalue weighted by Crippen LogP contribution is -2.11. The zero-order valence-corrected chi connectivity index (χ0v) is 11.9. The monoisotopic (exact) mass is 266 g/mol. The third kappa shape index (κ3) is 2.37. The lowest BCUT2D eigenvalue weighted by atomic mass is 9.87. The molecule has 4 heteroatoms. The van der Waals surface area contributed by atoms with Crippen molar-refractivity contribution in [3.8, 4) is 0 Å². The van der Waals surface area contributed by atoms with Crippen molar-refractivity contribution in [3.63, 3.8) is 0 Å². The maximum Gasteiger partial charge on any atom is 0.178 e. The Kier molecular flexibility index (Phi) is 2.93. The molecule has 3 aromatic rings. The van der Waals surface area contributed by atoms with Crippen molar-refractivity contribution >= 4 is 22.5 Å². The predicted molar refractivity (Wildman–Crippen MR) is 82.3 cm³/mol. The number of hydrogen-bond donors (Lipinski definition) is 2. The van der Waals surface area contributed by atoms with Crippen molar-refractivity contribution in [1.29, 1.82) is 0 Å². The van der Waals surface area contributed by atoms with Gasteiger partial charge in [0.25, 0.3) is 0 Å². The van der Waals surface area contributed by atoms with E-state index < -0.39 is 0 Å².